The highest BCUT2D eigenvalue weighted by Crippen LogP contribution is 2.10. The van der Waals surface area contributed by atoms with E-state index in [1.54, 1.807) is 5.55 Å². The van der Waals surface area contributed by atoms with Gasteiger partial charge < -0.3 is 5.11 Å². The predicted molar refractivity (Wildman–Crippen MR) is 39.6 cm³/mol. The van der Waals surface area contributed by atoms with Crippen LogP contribution in [0.1, 0.15) is 0 Å². The van der Waals surface area contributed by atoms with Crippen molar-refractivity contribution < 1.29 is 9.90 Å². The molecule has 1 heterocycles. The Morgan fingerprint density at radius 1 is 1.89 bits per heavy atom. The van der Waals surface area contributed by atoms with E-state index in [0.717, 1.165) is 0 Å². The number of aliphatic carboxylic acids is 1. The van der Waals surface area contributed by atoms with Gasteiger partial charge in [-0.2, -0.15) is 0 Å². The van der Waals surface area contributed by atoms with Crippen LogP contribution in [0.15, 0.2) is 4.99 Å². The number of hydrogen-bond acceptors (Lipinski definition) is 3. The normalized spacial score (nSPS) is 23.3. The highest BCUT2D eigenvalue weighted by molar-refractivity contribution is 8.12. The monoisotopic (exact) mass is 167 g/mol. The number of aliphatic imine (C=N–C) groups is 1. The lowest BCUT2D eigenvalue weighted by Crippen LogP contribution is -2.16. The maximum absolute atomic E-state index is 10.1. The number of carboxylic acids is 1. The molecule has 0 radical (unpaired) electrons. The first-order valence-corrected chi connectivity index (χ1v) is 3.21. The van der Waals surface area contributed by atoms with E-state index in [1.165, 1.54) is 11.8 Å². The quantitative estimate of drug-likeness (QED) is 0.624. The van der Waals surface area contributed by atoms with Crippen LogP contribution in [-0.4, -0.2) is 28.4 Å². The molecule has 0 aromatic rings. The predicted octanol–water partition coefficient (Wildman–Crippen LogP) is 0.636. The molecule has 0 fully saturated rings. The smallest absolute Gasteiger partial charge is 0.329 e. The lowest BCUT2D eigenvalue weighted by molar-refractivity contribution is -0.137. The van der Waals surface area contributed by atoms with Gasteiger partial charge in [-0.05, 0) is 0 Å². The van der Waals surface area contributed by atoms with Gasteiger partial charge in [-0.1, -0.05) is 0 Å². The molecule has 1 aliphatic rings. The van der Waals surface area contributed by atoms with Crippen molar-refractivity contribution in [1.29, 1.82) is 0 Å². The fourth-order valence-corrected chi connectivity index (χ4v) is 1.16. The van der Waals surface area contributed by atoms with Crippen molar-refractivity contribution in [3.05, 3.63) is 0 Å². The first-order chi connectivity index (χ1) is 3.80. The van der Waals surface area contributed by atoms with E-state index < -0.39 is 12.0 Å². The Kier molecular flexibility index (Phi) is 3.65. The molecular weight excluding hydrogens is 162 g/mol. The summed E-state index contributed by atoms with van der Waals surface area (Å²) >= 11 is 1.44. The van der Waals surface area contributed by atoms with E-state index in [-0.39, 0.29) is 12.4 Å². The van der Waals surface area contributed by atoms with Crippen LogP contribution in [0, 0.1) is 0 Å². The van der Waals surface area contributed by atoms with E-state index in [4.69, 9.17) is 5.11 Å². The summed E-state index contributed by atoms with van der Waals surface area (Å²) < 4.78 is 0. The molecule has 5 heteroatoms. The fourth-order valence-electron chi connectivity index (χ4n) is 0.429. The minimum absolute atomic E-state index is 0. The molecule has 0 aromatic heterocycles. The van der Waals surface area contributed by atoms with E-state index in [1.807, 2.05) is 0 Å². The maximum atomic E-state index is 10.1. The van der Waals surface area contributed by atoms with Crippen LogP contribution in [0.4, 0.5) is 0 Å². The molecule has 0 aromatic carbocycles. The van der Waals surface area contributed by atoms with E-state index in [9.17, 15) is 4.79 Å². The van der Waals surface area contributed by atoms with Crippen molar-refractivity contribution in [3.8, 4) is 0 Å². The lowest BCUT2D eigenvalue weighted by atomic mass is 10.4. The SMILES string of the molecule is Cl.O=C(O)C1CSC=N1. The Bertz CT molecular complexity index is 139. The Hall–Kier alpha value is -0.220. The van der Waals surface area contributed by atoms with Crippen LogP contribution >= 0.6 is 24.2 Å². The molecule has 0 saturated heterocycles. The van der Waals surface area contributed by atoms with Crippen LogP contribution in [-0.2, 0) is 4.79 Å². The minimum Gasteiger partial charge on any atom is -0.480 e. The minimum atomic E-state index is -0.828. The summed E-state index contributed by atoms with van der Waals surface area (Å²) in [6, 6.07) is -0.486. The standard InChI is InChI=1S/C4H5NO2S.ClH/c6-4(7)3-1-8-2-5-3;/h2-3H,1H2,(H,6,7);1H. The van der Waals surface area contributed by atoms with Crippen molar-refractivity contribution in [1.82, 2.24) is 0 Å². The number of nitrogens with zero attached hydrogens (tertiary/aromatic N) is 1. The Morgan fingerprint density at radius 3 is 2.78 bits per heavy atom. The number of halogens is 1. The van der Waals surface area contributed by atoms with Gasteiger partial charge in [0.15, 0.2) is 6.04 Å². The van der Waals surface area contributed by atoms with Gasteiger partial charge in [-0.15, -0.1) is 24.2 Å². The third-order valence-electron chi connectivity index (χ3n) is 0.854. The third-order valence-corrected chi connectivity index (χ3v) is 1.63. The summed E-state index contributed by atoms with van der Waals surface area (Å²) in [5.74, 6) is -0.235. The molecule has 1 rings (SSSR count). The zero-order chi connectivity index (χ0) is 5.98. The third kappa shape index (κ3) is 2.24. The topological polar surface area (TPSA) is 49.7 Å². The fraction of sp³-hybridized carbons (Fsp3) is 0.500. The second-order valence-electron chi connectivity index (χ2n) is 1.44. The number of carboxylic acid groups (broad SMARTS) is 1. The molecule has 3 nitrogen and oxygen atoms in total. The molecule has 9 heavy (non-hydrogen) atoms. The van der Waals surface area contributed by atoms with Crippen molar-refractivity contribution in [2.24, 2.45) is 4.99 Å². The van der Waals surface area contributed by atoms with Crippen molar-refractivity contribution in [2.45, 2.75) is 6.04 Å². The summed E-state index contributed by atoms with van der Waals surface area (Å²) in [5, 5.41) is 8.29. The summed E-state index contributed by atoms with van der Waals surface area (Å²) in [5.41, 5.74) is 1.58. The average molecular weight is 168 g/mol. The van der Waals surface area contributed by atoms with Gasteiger partial charge in [0, 0.05) is 5.75 Å². The Labute approximate surface area is 63.0 Å². The van der Waals surface area contributed by atoms with Crippen molar-refractivity contribution in [2.75, 3.05) is 5.75 Å². The Morgan fingerprint density at radius 2 is 2.56 bits per heavy atom. The molecule has 1 aliphatic heterocycles. The molecule has 1 N–H and O–H groups in total. The number of carbonyl (C=O) groups is 1. The molecule has 0 aliphatic carbocycles. The van der Waals surface area contributed by atoms with Crippen LogP contribution < -0.4 is 0 Å². The second-order valence-corrected chi connectivity index (χ2v) is 2.32. The second kappa shape index (κ2) is 3.74. The highest BCUT2D eigenvalue weighted by atomic mass is 35.5. The zero-order valence-electron chi connectivity index (χ0n) is 4.48. The molecule has 0 saturated carbocycles. The molecular formula is C4H6ClNO2S. The van der Waals surface area contributed by atoms with Gasteiger partial charge in [0.1, 0.15) is 0 Å². The molecule has 1 unspecified atom stereocenters. The van der Waals surface area contributed by atoms with Crippen molar-refractivity contribution in [3.63, 3.8) is 0 Å². The average Bonchev–Trinajstić information content (AvgIpc) is 2.12. The number of thioether (sulfide) groups is 1. The van der Waals surface area contributed by atoms with E-state index in [0.29, 0.717) is 5.75 Å². The van der Waals surface area contributed by atoms with Gasteiger partial charge >= 0.3 is 5.97 Å². The van der Waals surface area contributed by atoms with E-state index >= 15 is 0 Å². The van der Waals surface area contributed by atoms with E-state index in [2.05, 4.69) is 4.99 Å². The van der Waals surface area contributed by atoms with Gasteiger partial charge in [0.2, 0.25) is 0 Å². The van der Waals surface area contributed by atoms with Gasteiger partial charge in [-0.25, -0.2) is 4.79 Å². The highest BCUT2D eigenvalue weighted by Gasteiger charge is 2.17. The summed E-state index contributed by atoms with van der Waals surface area (Å²) in [6.45, 7) is 0. The molecule has 1 atom stereocenters. The van der Waals surface area contributed by atoms with Gasteiger partial charge in [0.25, 0.3) is 0 Å². The molecule has 52 valence electrons. The first kappa shape index (κ1) is 8.78. The lowest BCUT2D eigenvalue weighted by Gasteiger charge is -1.93. The molecule has 0 amide bonds. The summed E-state index contributed by atoms with van der Waals surface area (Å²) in [6.07, 6.45) is 0. The summed E-state index contributed by atoms with van der Waals surface area (Å²) in [7, 11) is 0. The Balaban J connectivity index is 0.000000640. The number of hydrogen-bond donors (Lipinski definition) is 1. The van der Waals surface area contributed by atoms with Crippen molar-refractivity contribution >= 4 is 35.7 Å². The van der Waals surface area contributed by atoms with Crippen LogP contribution in [0.3, 0.4) is 0 Å². The molecule has 0 bridgehead atoms. The largest absolute Gasteiger partial charge is 0.480 e. The van der Waals surface area contributed by atoms with Crippen LogP contribution in [0.25, 0.3) is 0 Å². The van der Waals surface area contributed by atoms with Gasteiger partial charge in [0.05, 0.1) is 5.55 Å². The van der Waals surface area contributed by atoms with Crippen LogP contribution in [0.2, 0.25) is 0 Å². The zero-order valence-corrected chi connectivity index (χ0v) is 6.11. The summed E-state index contributed by atoms with van der Waals surface area (Å²) in [4.78, 5) is 13.7. The van der Waals surface area contributed by atoms with Gasteiger partial charge in [-0.3, -0.25) is 4.99 Å². The molecule has 0 spiro atoms. The maximum Gasteiger partial charge on any atom is 0.329 e. The number of rotatable bonds is 1. The van der Waals surface area contributed by atoms with Crippen LogP contribution in [0.5, 0.6) is 0 Å². The first-order valence-electron chi connectivity index (χ1n) is 2.17.